The second-order valence-corrected chi connectivity index (χ2v) is 9.31. The Morgan fingerprint density at radius 3 is 2.02 bits per heavy atom. The van der Waals surface area contributed by atoms with Crippen LogP contribution in [-0.4, -0.2) is 61.2 Å². The lowest BCUT2D eigenvalue weighted by Crippen LogP contribution is -2.63. The Bertz CT molecular complexity index is 1530. The molecule has 0 aliphatic carbocycles. The number of hydrogen-bond acceptors (Lipinski definition) is 12. The lowest BCUT2D eigenvalue weighted by atomic mass is 9.98. The first-order chi connectivity index (χ1) is 18.9. The zero-order chi connectivity index (χ0) is 29.1. The average molecular weight is 577 g/mol. The van der Waals surface area contributed by atoms with Gasteiger partial charge in [0.2, 0.25) is 12.4 Å². The lowest BCUT2D eigenvalue weighted by Gasteiger charge is -2.43. The zero-order valence-electron chi connectivity index (χ0n) is 21.8. The van der Waals surface area contributed by atoms with Crippen molar-refractivity contribution in [2.45, 2.75) is 58.4 Å². The van der Waals surface area contributed by atoms with Crippen molar-refractivity contribution in [3.05, 3.63) is 51.8 Å². The number of rotatable bonds is 7. The first kappa shape index (κ1) is 28.8. The van der Waals surface area contributed by atoms with Crippen LogP contribution in [0.15, 0.2) is 45.6 Å². The van der Waals surface area contributed by atoms with Gasteiger partial charge in [0.15, 0.2) is 12.2 Å². The molecule has 0 unspecified atom stereocenters. The molecule has 40 heavy (non-hydrogen) atoms. The number of fused-ring (bicyclic) bond motifs is 3. The van der Waals surface area contributed by atoms with Gasteiger partial charge in [-0.05, 0) is 17.5 Å². The third kappa shape index (κ3) is 6.35. The van der Waals surface area contributed by atoms with Crippen molar-refractivity contribution in [3.8, 4) is 5.75 Å². The molecule has 3 aromatic rings. The van der Waals surface area contributed by atoms with Gasteiger partial charge < -0.3 is 32.8 Å². The number of halogens is 1. The van der Waals surface area contributed by atoms with Gasteiger partial charge in [-0.3, -0.25) is 19.2 Å². The number of hydrogen-bond donors (Lipinski definition) is 0. The van der Waals surface area contributed by atoms with E-state index in [0.29, 0.717) is 16.2 Å². The summed E-state index contributed by atoms with van der Waals surface area (Å²) < 4.78 is 38.6. The number of ether oxygens (including phenoxy) is 6. The number of carbonyl (C=O) groups is 4. The second kappa shape index (κ2) is 11.9. The normalized spacial score (nSPS) is 22.4. The minimum Gasteiger partial charge on any atom is -0.463 e. The predicted octanol–water partition coefficient (Wildman–Crippen LogP) is 3.06. The molecule has 0 saturated carbocycles. The summed E-state index contributed by atoms with van der Waals surface area (Å²) in [6.45, 7) is 4.06. The molecule has 0 N–H and O–H groups in total. The molecule has 0 spiro atoms. The van der Waals surface area contributed by atoms with Gasteiger partial charge in [-0.15, -0.1) is 0 Å². The molecule has 5 atom stereocenters. The van der Waals surface area contributed by atoms with Crippen LogP contribution in [0.4, 0.5) is 0 Å². The van der Waals surface area contributed by atoms with E-state index >= 15 is 0 Å². The Morgan fingerprint density at radius 2 is 1.40 bits per heavy atom. The predicted molar refractivity (Wildman–Crippen MR) is 138 cm³/mol. The molecule has 1 saturated heterocycles. The van der Waals surface area contributed by atoms with Crippen LogP contribution in [0.5, 0.6) is 5.75 Å². The number of carbonyl (C=O) groups excluding carboxylic acids is 4. The van der Waals surface area contributed by atoms with Crippen LogP contribution >= 0.6 is 11.6 Å². The minimum atomic E-state index is -1.51. The molecule has 12 nitrogen and oxygen atoms in total. The molecule has 0 radical (unpaired) electrons. The fourth-order valence-corrected chi connectivity index (χ4v) is 4.59. The number of esters is 4. The highest BCUT2D eigenvalue weighted by molar-refractivity contribution is 6.33. The Balaban J connectivity index is 1.78. The van der Waals surface area contributed by atoms with Crippen LogP contribution in [0.1, 0.15) is 27.7 Å². The highest BCUT2D eigenvalue weighted by Crippen LogP contribution is 2.36. The first-order valence-electron chi connectivity index (χ1n) is 12.1. The van der Waals surface area contributed by atoms with Gasteiger partial charge in [0.25, 0.3) is 0 Å². The smallest absolute Gasteiger partial charge is 0.344 e. The molecule has 13 heteroatoms. The molecule has 1 fully saturated rings. The van der Waals surface area contributed by atoms with Gasteiger partial charge in [-0.2, -0.15) is 0 Å². The Morgan fingerprint density at radius 1 is 0.800 bits per heavy atom. The monoisotopic (exact) mass is 576 g/mol. The minimum absolute atomic E-state index is 0.0338. The Hall–Kier alpha value is -4.16. The third-order valence-electron chi connectivity index (χ3n) is 5.87. The SMILES string of the molecule is CC(=O)OC[C@H]1O[C@H](Oc2cc3oc(=O)c4ccccc4c3cc2Cl)[C@H](OC(C)=O)[C@@H](OC(C)=O)[C@H]1OC(C)=O. The summed E-state index contributed by atoms with van der Waals surface area (Å²) in [5.41, 5.74) is -0.433. The summed E-state index contributed by atoms with van der Waals surface area (Å²) >= 11 is 6.54. The summed E-state index contributed by atoms with van der Waals surface area (Å²) in [6, 6.07) is 9.72. The molecule has 0 amide bonds. The van der Waals surface area contributed by atoms with Crippen LogP contribution in [0.3, 0.4) is 0 Å². The maximum atomic E-state index is 12.5. The van der Waals surface area contributed by atoms with Gasteiger partial charge in [0.05, 0.1) is 10.4 Å². The summed E-state index contributed by atoms with van der Waals surface area (Å²) in [5, 5.41) is 1.59. The largest absolute Gasteiger partial charge is 0.463 e. The van der Waals surface area contributed by atoms with E-state index in [9.17, 15) is 24.0 Å². The van der Waals surface area contributed by atoms with Crippen molar-refractivity contribution in [3.63, 3.8) is 0 Å². The fraction of sp³-hybridized carbons (Fsp3) is 0.370. The van der Waals surface area contributed by atoms with E-state index in [1.165, 1.54) is 12.1 Å². The Labute approximate surface area is 231 Å². The standard InChI is InChI=1S/C27H25ClO12/c1-12(29)34-11-22-23(35-13(2)30)24(36-14(3)31)25(37-15(4)32)27(40-22)39-21-10-20-18(9-19(21)28)16-7-5-6-8-17(16)26(33)38-20/h5-10,22-25,27H,11H2,1-4H3/t22-,23+,24+,25-,27+/m1/s1. The van der Waals surface area contributed by atoms with E-state index in [2.05, 4.69) is 0 Å². The molecule has 2 aromatic carbocycles. The van der Waals surface area contributed by atoms with E-state index in [0.717, 1.165) is 27.7 Å². The van der Waals surface area contributed by atoms with Crippen LogP contribution in [-0.2, 0) is 42.9 Å². The highest BCUT2D eigenvalue weighted by atomic mass is 35.5. The summed E-state index contributed by atoms with van der Waals surface area (Å²) in [4.78, 5) is 60.0. The summed E-state index contributed by atoms with van der Waals surface area (Å²) in [7, 11) is 0. The van der Waals surface area contributed by atoms with Crippen LogP contribution in [0.2, 0.25) is 5.02 Å². The third-order valence-corrected chi connectivity index (χ3v) is 6.16. The number of benzene rings is 2. The van der Waals surface area contributed by atoms with Crippen LogP contribution < -0.4 is 10.4 Å². The molecule has 0 bridgehead atoms. The fourth-order valence-electron chi connectivity index (χ4n) is 4.38. The van der Waals surface area contributed by atoms with Crippen molar-refractivity contribution in [2.24, 2.45) is 0 Å². The van der Waals surface area contributed by atoms with Gasteiger partial charge in [-0.25, -0.2) is 4.79 Å². The van der Waals surface area contributed by atoms with E-state index in [4.69, 9.17) is 44.4 Å². The molecular weight excluding hydrogens is 552 g/mol. The summed E-state index contributed by atoms with van der Waals surface area (Å²) in [6.07, 6.45) is -6.96. The van der Waals surface area contributed by atoms with Crippen molar-refractivity contribution >= 4 is 57.2 Å². The topological polar surface area (TPSA) is 154 Å². The van der Waals surface area contributed by atoms with Crippen molar-refractivity contribution in [1.29, 1.82) is 0 Å². The quantitative estimate of drug-likeness (QED) is 0.176. The molecular formula is C27H25ClO12. The van der Waals surface area contributed by atoms with E-state index in [1.54, 1.807) is 24.3 Å². The molecule has 2 heterocycles. The maximum Gasteiger partial charge on any atom is 0.344 e. The van der Waals surface area contributed by atoms with E-state index in [1.807, 2.05) is 0 Å². The summed E-state index contributed by atoms with van der Waals surface area (Å²) in [5.74, 6) is -3.04. The van der Waals surface area contributed by atoms with Crippen LogP contribution in [0.25, 0.3) is 21.7 Å². The van der Waals surface area contributed by atoms with Crippen molar-refractivity contribution in [2.75, 3.05) is 6.61 Å². The molecule has 4 rings (SSSR count). The molecule has 1 aliphatic rings. The van der Waals surface area contributed by atoms with E-state index < -0.39 is 66.8 Å². The van der Waals surface area contributed by atoms with E-state index in [-0.39, 0.29) is 16.4 Å². The highest BCUT2D eigenvalue weighted by Gasteiger charge is 2.53. The zero-order valence-corrected chi connectivity index (χ0v) is 22.6. The molecule has 212 valence electrons. The first-order valence-corrected chi connectivity index (χ1v) is 12.4. The van der Waals surface area contributed by atoms with Gasteiger partial charge in [-0.1, -0.05) is 29.8 Å². The van der Waals surface area contributed by atoms with Gasteiger partial charge in [0, 0.05) is 39.1 Å². The van der Waals surface area contributed by atoms with Gasteiger partial charge in [0.1, 0.15) is 24.0 Å². The Kier molecular flexibility index (Phi) is 8.60. The van der Waals surface area contributed by atoms with Crippen LogP contribution in [0, 0.1) is 0 Å². The maximum absolute atomic E-state index is 12.5. The second-order valence-electron chi connectivity index (χ2n) is 8.90. The average Bonchev–Trinajstić information content (AvgIpc) is 2.87. The van der Waals surface area contributed by atoms with Gasteiger partial charge >= 0.3 is 29.5 Å². The molecule has 1 aromatic heterocycles. The van der Waals surface area contributed by atoms with Crippen molar-refractivity contribution in [1.82, 2.24) is 0 Å². The van der Waals surface area contributed by atoms with Crippen molar-refractivity contribution < 1.29 is 52.0 Å². The lowest BCUT2D eigenvalue weighted by molar-refractivity contribution is -0.288. The molecule has 1 aliphatic heterocycles.